The van der Waals surface area contributed by atoms with E-state index in [1.807, 2.05) is 0 Å². The monoisotopic (exact) mass is 376 g/mol. The van der Waals surface area contributed by atoms with Crippen LogP contribution in [0.1, 0.15) is 12.0 Å². The predicted octanol–water partition coefficient (Wildman–Crippen LogP) is 2.57. The van der Waals surface area contributed by atoms with Crippen LogP contribution >= 0.6 is 11.6 Å². The van der Waals surface area contributed by atoms with Crippen LogP contribution in [0.15, 0.2) is 18.2 Å². The van der Waals surface area contributed by atoms with Crippen molar-refractivity contribution in [2.45, 2.75) is 12.6 Å². The lowest BCUT2D eigenvalue weighted by Crippen LogP contribution is -2.44. The Balaban J connectivity index is 1.78. The van der Waals surface area contributed by atoms with E-state index >= 15 is 0 Å². The van der Waals surface area contributed by atoms with Crippen molar-refractivity contribution >= 4 is 29.1 Å². The van der Waals surface area contributed by atoms with Gasteiger partial charge in [0.2, 0.25) is 11.8 Å². The molecule has 0 spiro atoms. The molecule has 0 aromatic heterocycles. The van der Waals surface area contributed by atoms with Gasteiger partial charge in [0, 0.05) is 31.7 Å². The molecule has 0 saturated carbocycles. The van der Waals surface area contributed by atoms with Gasteiger partial charge in [0.15, 0.2) is 0 Å². The Labute approximate surface area is 147 Å². The SMILES string of the molecule is O=C(C1CC(=O)N(c2ccc(Cl)c(C(F)(F)F)c2)C1)N1CCOCC1. The summed E-state index contributed by atoms with van der Waals surface area (Å²) in [6.07, 6.45) is -4.63. The molecular formula is C16H16ClF3N2O3. The number of nitrogens with zero attached hydrogens (tertiary/aromatic N) is 2. The molecule has 2 fully saturated rings. The van der Waals surface area contributed by atoms with Crippen LogP contribution in [0.3, 0.4) is 0 Å². The van der Waals surface area contributed by atoms with Crippen LogP contribution < -0.4 is 4.90 Å². The second-order valence-electron chi connectivity index (χ2n) is 6.00. The summed E-state index contributed by atoms with van der Waals surface area (Å²) in [5.41, 5.74) is -0.901. The average Bonchev–Trinajstić information content (AvgIpc) is 2.96. The standard InChI is InChI=1S/C16H16ClF3N2O3/c17-13-2-1-11(8-12(13)16(18,19)20)22-9-10(7-14(22)23)15(24)21-3-5-25-6-4-21/h1-2,8,10H,3-7,9H2. The van der Waals surface area contributed by atoms with Crippen LogP contribution in [0.5, 0.6) is 0 Å². The van der Waals surface area contributed by atoms with E-state index in [2.05, 4.69) is 0 Å². The van der Waals surface area contributed by atoms with Crippen LogP contribution in [0.25, 0.3) is 0 Å². The molecule has 0 N–H and O–H groups in total. The fourth-order valence-corrected chi connectivity index (χ4v) is 3.29. The van der Waals surface area contributed by atoms with Crippen LogP contribution in [0.2, 0.25) is 5.02 Å². The first-order valence-corrected chi connectivity index (χ1v) is 8.19. The molecule has 0 aliphatic carbocycles. The maximum Gasteiger partial charge on any atom is 0.417 e. The zero-order chi connectivity index (χ0) is 18.2. The minimum absolute atomic E-state index is 0.0137. The van der Waals surface area contributed by atoms with Crippen molar-refractivity contribution < 1.29 is 27.5 Å². The second kappa shape index (κ2) is 6.84. The molecule has 0 bridgehead atoms. The van der Waals surface area contributed by atoms with Gasteiger partial charge in [-0.25, -0.2) is 0 Å². The summed E-state index contributed by atoms with van der Waals surface area (Å²) >= 11 is 5.61. The van der Waals surface area contributed by atoms with Crippen molar-refractivity contribution in [2.75, 3.05) is 37.7 Å². The third kappa shape index (κ3) is 3.74. The van der Waals surface area contributed by atoms with Gasteiger partial charge in [-0.3, -0.25) is 9.59 Å². The van der Waals surface area contributed by atoms with Gasteiger partial charge in [-0.1, -0.05) is 11.6 Å². The Hall–Kier alpha value is -1.80. The maximum absolute atomic E-state index is 13.0. The number of morpholine rings is 1. The molecule has 1 atom stereocenters. The zero-order valence-electron chi connectivity index (χ0n) is 13.2. The average molecular weight is 377 g/mol. The highest BCUT2D eigenvalue weighted by Gasteiger charge is 2.39. The van der Waals surface area contributed by atoms with Crippen molar-refractivity contribution in [2.24, 2.45) is 5.92 Å². The van der Waals surface area contributed by atoms with Gasteiger partial charge in [-0.2, -0.15) is 13.2 Å². The number of ether oxygens (including phenoxy) is 1. The number of carbonyl (C=O) groups is 2. The molecule has 2 saturated heterocycles. The van der Waals surface area contributed by atoms with Gasteiger partial charge >= 0.3 is 6.18 Å². The predicted molar refractivity (Wildman–Crippen MR) is 84.3 cm³/mol. The molecule has 25 heavy (non-hydrogen) atoms. The number of alkyl halides is 3. The van der Waals surface area contributed by atoms with Crippen molar-refractivity contribution in [3.8, 4) is 0 Å². The smallest absolute Gasteiger partial charge is 0.378 e. The quantitative estimate of drug-likeness (QED) is 0.797. The summed E-state index contributed by atoms with van der Waals surface area (Å²) < 4.78 is 44.2. The maximum atomic E-state index is 13.0. The first-order valence-electron chi connectivity index (χ1n) is 7.81. The number of halogens is 4. The van der Waals surface area contributed by atoms with E-state index in [0.29, 0.717) is 26.3 Å². The van der Waals surface area contributed by atoms with E-state index in [1.165, 1.54) is 11.0 Å². The van der Waals surface area contributed by atoms with E-state index in [0.717, 1.165) is 12.1 Å². The van der Waals surface area contributed by atoms with Crippen molar-refractivity contribution in [1.82, 2.24) is 4.90 Å². The Morgan fingerprint density at radius 2 is 1.92 bits per heavy atom. The Morgan fingerprint density at radius 1 is 1.24 bits per heavy atom. The number of anilines is 1. The first kappa shape index (κ1) is 18.0. The molecule has 1 unspecified atom stereocenters. The lowest BCUT2D eigenvalue weighted by Gasteiger charge is -2.29. The Morgan fingerprint density at radius 3 is 2.56 bits per heavy atom. The van der Waals surface area contributed by atoms with Crippen molar-refractivity contribution in [1.29, 1.82) is 0 Å². The number of amides is 2. The molecular weight excluding hydrogens is 361 g/mol. The summed E-state index contributed by atoms with van der Waals surface area (Å²) in [6, 6.07) is 3.32. The second-order valence-corrected chi connectivity index (χ2v) is 6.41. The van der Waals surface area contributed by atoms with E-state index < -0.39 is 22.7 Å². The van der Waals surface area contributed by atoms with E-state index in [4.69, 9.17) is 16.3 Å². The van der Waals surface area contributed by atoms with E-state index in [9.17, 15) is 22.8 Å². The number of carbonyl (C=O) groups excluding carboxylic acids is 2. The largest absolute Gasteiger partial charge is 0.417 e. The zero-order valence-corrected chi connectivity index (χ0v) is 13.9. The summed E-state index contributed by atoms with van der Waals surface area (Å²) in [6.45, 7) is 1.88. The van der Waals surface area contributed by atoms with Gasteiger partial charge in [0.05, 0.1) is 29.7 Å². The highest BCUT2D eigenvalue weighted by molar-refractivity contribution is 6.31. The van der Waals surface area contributed by atoms with E-state index in [1.54, 1.807) is 4.90 Å². The summed E-state index contributed by atoms with van der Waals surface area (Å²) in [4.78, 5) is 27.6. The van der Waals surface area contributed by atoms with Gasteiger partial charge in [-0.15, -0.1) is 0 Å². The number of hydrogen-bond acceptors (Lipinski definition) is 3. The molecule has 1 aromatic rings. The van der Waals surface area contributed by atoms with Crippen molar-refractivity contribution in [3.63, 3.8) is 0 Å². The molecule has 2 heterocycles. The molecule has 1 aromatic carbocycles. The molecule has 3 rings (SSSR count). The van der Waals surface area contributed by atoms with Gasteiger partial charge < -0.3 is 14.5 Å². The highest BCUT2D eigenvalue weighted by atomic mass is 35.5. The van der Waals surface area contributed by atoms with Crippen LogP contribution in [-0.2, 0) is 20.5 Å². The molecule has 2 amide bonds. The normalized spacial score (nSPS) is 21.8. The first-order chi connectivity index (χ1) is 11.8. The van der Waals surface area contributed by atoms with Crippen molar-refractivity contribution in [3.05, 3.63) is 28.8 Å². The summed E-state index contributed by atoms with van der Waals surface area (Å²) in [5.74, 6) is -1.10. The van der Waals surface area contributed by atoms with Gasteiger partial charge in [0.1, 0.15) is 0 Å². The fraction of sp³-hybridized carbons (Fsp3) is 0.500. The van der Waals surface area contributed by atoms with E-state index in [-0.39, 0.29) is 30.5 Å². The Kier molecular flexibility index (Phi) is 4.92. The molecule has 0 radical (unpaired) electrons. The number of benzene rings is 1. The van der Waals surface area contributed by atoms with Crippen LogP contribution in [0, 0.1) is 5.92 Å². The topological polar surface area (TPSA) is 49.9 Å². The lowest BCUT2D eigenvalue weighted by molar-refractivity contribution is -0.139. The summed E-state index contributed by atoms with van der Waals surface area (Å²) in [7, 11) is 0. The van der Waals surface area contributed by atoms with Crippen LogP contribution in [-0.4, -0.2) is 49.6 Å². The third-order valence-electron chi connectivity index (χ3n) is 4.36. The van der Waals surface area contributed by atoms with Gasteiger partial charge in [-0.05, 0) is 18.2 Å². The molecule has 136 valence electrons. The molecule has 9 heteroatoms. The Bertz CT molecular complexity index is 690. The van der Waals surface area contributed by atoms with Crippen LogP contribution in [0.4, 0.5) is 18.9 Å². The third-order valence-corrected chi connectivity index (χ3v) is 4.69. The fourth-order valence-electron chi connectivity index (χ4n) is 3.06. The number of rotatable bonds is 2. The molecule has 2 aliphatic heterocycles. The summed E-state index contributed by atoms with van der Waals surface area (Å²) in [5, 5.41) is -0.427. The lowest BCUT2D eigenvalue weighted by atomic mass is 10.1. The minimum atomic E-state index is -4.61. The van der Waals surface area contributed by atoms with Gasteiger partial charge in [0.25, 0.3) is 0 Å². The highest BCUT2D eigenvalue weighted by Crippen LogP contribution is 2.38. The molecule has 2 aliphatic rings. The minimum Gasteiger partial charge on any atom is -0.378 e. The molecule has 5 nitrogen and oxygen atoms in total. The number of hydrogen-bond donors (Lipinski definition) is 0.